The highest BCUT2D eigenvalue weighted by Crippen LogP contribution is 2.41. The molecule has 0 saturated carbocycles. The third kappa shape index (κ3) is 5.04. The van der Waals surface area contributed by atoms with E-state index in [2.05, 4.69) is 26.6 Å². The molecule has 8 heteroatoms. The molecule has 2 unspecified atom stereocenters. The number of para-hydroxylation sites is 1. The van der Waals surface area contributed by atoms with Crippen molar-refractivity contribution in [2.24, 2.45) is 0 Å². The number of carbonyl (C=O) groups is 1. The third-order valence-corrected chi connectivity index (χ3v) is 7.31. The van der Waals surface area contributed by atoms with Crippen molar-refractivity contribution in [2.45, 2.75) is 39.3 Å². The van der Waals surface area contributed by atoms with Gasteiger partial charge in [0.1, 0.15) is 5.82 Å². The number of halogens is 1. The maximum atomic E-state index is 14.8. The Balaban J connectivity index is 1.48. The second-order valence-corrected chi connectivity index (χ2v) is 9.99. The molecular weight excluding hydrogens is 497 g/mol. The van der Waals surface area contributed by atoms with Crippen LogP contribution in [0.25, 0.3) is 5.69 Å². The van der Waals surface area contributed by atoms with E-state index < -0.39 is 0 Å². The largest absolute Gasteiger partial charge is 0.352 e. The molecule has 38 heavy (non-hydrogen) atoms. The summed E-state index contributed by atoms with van der Waals surface area (Å²) in [5.74, 6) is -0.373. The molecule has 0 spiro atoms. The first-order valence-corrected chi connectivity index (χ1v) is 13.0. The molecule has 2 N–H and O–H groups in total. The van der Waals surface area contributed by atoms with Crippen molar-refractivity contribution < 1.29 is 9.18 Å². The molecule has 1 aliphatic rings. The number of carbonyl (C=O) groups excluding carboxylic acids is 1. The maximum absolute atomic E-state index is 14.8. The average molecular weight is 528 g/mol. The van der Waals surface area contributed by atoms with Crippen LogP contribution in [0.1, 0.15) is 46.7 Å². The number of anilines is 1. The smallest absolute Gasteiger partial charge is 0.226 e. The molecule has 1 saturated heterocycles. The zero-order valence-corrected chi connectivity index (χ0v) is 22.4. The van der Waals surface area contributed by atoms with Crippen molar-refractivity contribution in [3.05, 3.63) is 113 Å². The van der Waals surface area contributed by atoms with Gasteiger partial charge in [0.2, 0.25) is 5.91 Å². The van der Waals surface area contributed by atoms with Gasteiger partial charge in [0, 0.05) is 36.2 Å². The van der Waals surface area contributed by atoms with Crippen LogP contribution in [0.5, 0.6) is 0 Å². The molecule has 4 aromatic rings. The van der Waals surface area contributed by atoms with Gasteiger partial charge < -0.3 is 20.1 Å². The Hall–Kier alpha value is -4.04. The highest BCUT2D eigenvalue weighted by atomic mass is 32.1. The molecule has 0 bridgehead atoms. The monoisotopic (exact) mass is 527 g/mol. The normalized spacial score (nSPS) is 16.9. The van der Waals surface area contributed by atoms with Gasteiger partial charge in [0.05, 0.1) is 23.5 Å². The lowest BCUT2D eigenvalue weighted by molar-refractivity contribution is -0.116. The van der Waals surface area contributed by atoms with Crippen LogP contribution < -0.4 is 10.6 Å². The molecule has 1 amide bonds. The summed E-state index contributed by atoms with van der Waals surface area (Å²) in [5, 5.41) is 6.98. The predicted octanol–water partition coefficient (Wildman–Crippen LogP) is 5.94. The van der Waals surface area contributed by atoms with E-state index in [0.29, 0.717) is 17.3 Å². The van der Waals surface area contributed by atoms with Crippen LogP contribution in [0.4, 0.5) is 10.1 Å². The number of nitrogens with zero attached hydrogens (tertiary/aromatic N) is 3. The quantitative estimate of drug-likeness (QED) is 0.292. The highest BCUT2D eigenvalue weighted by molar-refractivity contribution is 7.80. The van der Waals surface area contributed by atoms with Gasteiger partial charge in [-0.05, 0) is 86.6 Å². The molecule has 1 aliphatic heterocycles. The predicted molar refractivity (Wildman–Crippen MR) is 152 cm³/mol. The Labute approximate surface area is 227 Å². The minimum absolute atomic E-state index is 0.0877. The number of thiocarbonyl (C=S) groups is 1. The SMILES string of the molecule is Cc1cccc(NC(=O)CCN2C(=S)NC(c3ccccn3)C2c2cc(C)n(-c3ccccc3F)c2C)c1. The average Bonchev–Trinajstić information content (AvgIpc) is 3.38. The molecule has 2 atom stereocenters. The molecule has 2 aromatic carbocycles. The van der Waals surface area contributed by atoms with Gasteiger partial charge in [-0.15, -0.1) is 0 Å². The Morgan fingerprint density at radius 2 is 1.84 bits per heavy atom. The summed E-state index contributed by atoms with van der Waals surface area (Å²) >= 11 is 5.78. The number of rotatable bonds is 7. The Kier molecular flexibility index (Phi) is 7.24. The molecule has 194 valence electrons. The summed E-state index contributed by atoms with van der Waals surface area (Å²) in [6.07, 6.45) is 2.02. The molecule has 3 heterocycles. The summed E-state index contributed by atoms with van der Waals surface area (Å²) in [5.41, 5.74) is 6.04. The van der Waals surface area contributed by atoms with Gasteiger partial charge in [-0.1, -0.05) is 30.3 Å². The fourth-order valence-electron chi connectivity index (χ4n) is 5.24. The zero-order valence-electron chi connectivity index (χ0n) is 21.6. The zero-order chi connectivity index (χ0) is 26.8. The van der Waals surface area contributed by atoms with Crippen LogP contribution in [-0.2, 0) is 4.79 Å². The van der Waals surface area contributed by atoms with Gasteiger partial charge in [-0.3, -0.25) is 9.78 Å². The van der Waals surface area contributed by atoms with E-state index in [-0.39, 0.29) is 30.2 Å². The molecule has 5 rings (SSSR count). The fraction of sp³-hybridized carbons (Fsp3) is 0.233. The minimum atomic E-state index is -0.285. The molecule has 0 aliphatic carbocycles. The number of nitrogens with one attached hydrogen (secondary N) is 2. The molecule has 1 fully saturated rings. The third-order valence-electron chi connectivity index (χ3n) is 6.96. The van der Waals surface area contributed by atoms with E-state index in [1.165, 1.54) is 6.07 Å². The van der Waals surface area contributed by atoms with Crippen molar-refractivity contribution in [1.82, 2.24) is 19.8 Å². The van der Waals surface area contributed by atoms with E-state index >= 15 is 0 Å². The van der Waals surface area contributed by atoms with Gasteiger partial charge in [0.15, 0.2) is 5.11 Å². The van der Waals surface area contributed by atoms with Gasteiger partial charge >= 0.3 is 0 Å². The standard InChI is InChI=1S/C30H30FN5OS/c1-19-9-8-10-22(17-19)33-27(37)14-16-35-29(28(34-30(35)38)25-12-6-7-15-32-25)23-18-20(2)36(21(23)3)26-13-5-4-11-24(26)31/h4-13,15,17-18,28-29H,14,16H2,1-3H3,(H,33,37)(H,34,38). The van der Waals surface area contributed by atoms with Crippen molar-refractivity contribution in [3.63, 3.8) is 0 Å². The van der Waals surface area contributed by atoms with Crippen molar-refractivity contribution in [1.29, 1.82) is 0 Å². The van der Waals surface area contributed by atoms with E-state index in [9.17, 15) is 9.18 Å². The number of amides is 1. The van der Waals surface area contributed by atoms with E-state index in [1.807, 2.05) is 73.9 Å². The van der Waals surface area contributed by atoms with E-state index in [1.54, 1.807) is 18.3 Å². The highest BCUT2D eigenvalue weighted by Gasteiger charge is 2.41. The van der Waals surface area contributed by atoms with Crippen LogP contribution in [0.3, 0.4) is 0 Å². The Morgan fingerprint density at radius 1 is 1.05 bits per heavy atom. The Morgan fingerprint density at radius 3 is 2.58 bits per heavy atom. The van der Waals surface area contributed by atoms with E-state index in [0.717, 1.165) is 33.9 Å². The van der Waals surface area contributed by atoms with Crippen molar-refractivity contribution in [2.75, 3.05) is 11.9 Å². The summed E-state index contributed by atoms with van der Waals surface area (Å²) < 4.78 is 16.7. The second kappa shape index (κ2) is 10.8. The summed E-state index contributed by atoms with van der Waals surface area (Å²) in [6.45, 7) is 6.37. The number of pyridine rings is 1. The first-order valence-electron chi connectivity index (χ1n) is 12.6. The number of aromatic nitrogens is 2. The molecular formula is C30H30FN5OS. The number of benzene rings is 2. The minimum Gasteiger partial charge on any atom is -0.352 e. The lowest BCUT2D eigenvalue weighted by Crippen LogP contribution is -2.32. The number of hydrogen-bond donors (Lipinski definition) is 2. The van der Waals surface area contributed by atoms with Gasteiger partial charge in [-0.2, -0.15) is 0 Å². The van der Waals surface area contributed by atoms with Crippen LogP contribution in [-0.4, -0.2) is 32.0 Å². The van der Waals surface area contributed by atoms with E-state index in [4.69, 9.17) is 12.2 Å². The van der Waals surface area contributed by atoms with Crippen LogP contribution in [0.2, 0.25) is 0 Å². The summed E-state index contributed by atoms with van der Waals surface area (Å²) in [7, 11) is 0. The summed E-state index contributed by atoms with van der Waals surface area (Å²) in [6, 6.07) is 21.9. The van der Waals surface area contributed by atoms with Crippen molar-refractivity contribution >= 4 is 28.9 Å². The first kappa shape index (κ1) is 25.6. The van der Waals surface area contributed by atoms with Gasteiger partial charge in [-0.25, -0.2) is 4.39 Å². The topological polar surface area (TPSA) is 62.2 Å². The van der Waals surface area contributed by atoms with Gasteiger partial charge in [0.25, 0.3) is 0 Å². The number of aryl methyl sites for hydroxylation is 2. The maximum Gasteiger partial charge on any atom is 0.226 e. The summed E-state index contributed by atoms with van der Waals surface area (Å²) in [4.78, 5) is 19.5. The second-order valence-electron chi connectivity index (χ2n) is 9.60. The Bertz CT molecular complexity index is 1490. The van der Waals surface area contributed by atoms with Crippen molar-refractivity contribution in [3.8, 4) is 5.69 Å². The van der Waals surface area contributed by atoms with Crippen LogP contribution in [0, 0.1) is 26.6 Å². The van der Waals surface area contributed by atoms with Crippen LogP contribution >= 0.6 is 12.2 Å². The molecule has 2 aromatic heterocycles. The lowest BCUT2D eigenvalue weighted by Gasteiger charge is -2.28. The number of hydrogen-bond acceptors (Lipinski definition) is 3. The fourth-order valence-corrected chi connectivity index (χ4v) is 5.58. The van der Waals surface area contributed by atoms with Crippen LogP contribution in [0.15, 0.2) is 79.0 Å². The first-order chi connectivity index (χ1) is 18.3. The molecule has 6 nitrogen and oxygen atoms in total. The molecule has 0 radical (unpaired) electrons. The lowest BCUT2D eigenvalue weighted by atomic mass is 9.96.